The maximum absolute atomic E-state index is 12.3. The average Bonchev–Trinajstić information content (AvgIpc) is 2.62. The molecule has 0 unspecified atom stereocenters. The molecule has 2 N–H and O–H groups in total. The third-order valence-electron chi connectivity index (χ3n) is 3.85. The summed E-state index contributed by atoms with van der Waals surface area (Å²) in [6, 6.07) is 16.8. The minimum atomic E-state index is -0.504. The van der Waals surface area contributed by atoms with Gasteiger partial charge in [-0.25, -0.2) is 0 Å². The van der Waals surface area contributed by atoms with E-state index < -0.39 is 5.91 Å². The Labute approximate surface area is 154 Å². The summed E-state index contributed by atoms with van der Waals surface area (Å²) in [5, 5.41) is 15.0. The quantitative estimate of drug-likeness (QED) is 0.618. The van der Waals surface area contributed by atoms with Crippen molar-refractivity contribution < 1.29 is 9.53 Å². The number of hydrogen-bond acceptors (Lipinski definition) is 4. The fourth-order valence-electron chi connectivity index (χ4n) is 2.31. The van der Waals surface area contributed by atoms with Crippen LogP contribution in [-0.2, 0) is 10.2 Å². The lowest BCUT2D eigenvalue weighted by molar-refractivity contribution is -0.112. The van der Waals surface area contributed by atoms with Gasteiger partial charge in [-0.15, -0.1) is 0 Å². The van der Waals surface area contributed by atoms with Crippen LogP contribution >= 0.6 is 0 Å². The Morgan fingerprint density at radius 2 is 1.77 bits per heavy atom. The number of anilines is 2. The van der Waals surface area contributed by atoms with Crippen LogP contribution in [0.5, 0.6) is 5.75 Å². The van der Waals surface area contributed by atoms with Gasteiger partial charge in [0.15, 0.2) is 0 Å². The second-order valence-electron chi connectivity index (χ2n) is 6.80. The van der Waals surface area contributed by atoms with Gasteiger partial charge in [-0.3, -0.25) is 4.79 Å². The maximum Gasteiger partial charge on any atom is 0.267 e. The molecule has 2 aromatic rings. The third-order valence-corrected chi connectivity index (χ3v) is 3.85. The molecule has 5 nitrogen and oxygen atoms in total. The van der Waals surface area contributed by atoms with Gasteiger partial charge in [-0.05, 0) is 35.2 Å². The topological polar surface area (TPSA) is 74.1 Å². The number of methoxy groups -OCH3 is 1. The number of benzene rings is 2. The molecule has 0 heterocycles. The van der Waals surface area contributed by atoms with Crippen molar-refractivity contribution in [3.05, 3.63) is 65.9 Å². The lowest BCUT2D eigenvalue weighted by Crippen LogP contribution is -2.15. The van der Waals surface area contributed by atoms with E-state index in [1.54, 1.807) is 24.3 Å². The van der Waals surface area contributed by atoms with Crippen molar-refractivity contribution in [1.29, 1.82) is 5.26 Å². The second-order valence-corrected chi connectivity index (χ2v) is 6.80. The lowest BCUT2D eigenvalue weighted by Gasteiger charge is -2.19. The van der Waals surface area contributed by atoms with Crippen molar-refractivity contribution in [2.45, 2.75) is 26.2 Å². The van der Waals surface area contributed by atoms with Crippen LogP contribution in [0.15, 0.2) is 60.3 Å². The molecule has 1 amide bonds. The van der Waals surface area contributed by atoms with Crippen molar-refractivity contribution in [3.63, 3.8) is 0 Å². The molecule has 0 saturated carbocycles. The van der Waals surface area contributed by atoms with Gasteiger partial charge in [0, 0.05) is 11.9 Å². The summed E-state index contributed by atoms with van der Waals surface area (Å²) in [6.07, 6.45) is 1.40. The van der Waals surface area contributed by atoms with E-state index in [2.05, 4.69) is 31.4 Å². The standard InChI is InChI=1S/C21H23N3O2/c1-21(2,3)16-9-11-17(12-10-16)23-14-15(13-22)20(25)24-18-7-5-6-8-19(18)26-4/h5-12,14,23H,1-4H3,(H,24,25)/b15-14-. The van der Waals surface area contributed by atoms with Crippen molar-refractivity contribution in [3.8, 4) is 11.8 Å². The molecule has 0 aromatic heterocycles. The molecule has 0 aliphatic heterocycles. The summed E-state index contributed by atoms with van der Waals surface area (Å²) in [6.45, 7) is 6.43. The first kappa shape index (κ1) is 19.1. The molecule has 0 aliphatic rings. The Hall–Kier alpha value is -3.26. The highest BCUT2D eigenvalue weighted by Gasteiger charge is 2.13. The van der Waals surface area contributed by atoms with Gasteiger partial charge in [-0.1, -0.05) is 45.0 Å². The number of nitriles is 1. The molecule has 0 saturated heterocycles. The molecule has 0 bridgehead atoms. The van der Waals surface area contributed by atoms with E-state index in [0.717, 1.165) is 5.69 Å². The Kier molecular flexibility index (Phi) is 6.03. The van der Waals surface area contributed by atoms with Crippen LogP contribution in [0.4, 0.5) is 11.4 Å². The molecule has 134 valence electrons. The van der Waals surface area contributed by atoms with E-state index in [9.17, 15) is 10.1 Å². The number of amides is 1. The molecule has 0 fully saturated rings. The van der Waals surface area contributed by atoms with E-state index in [-0.39, 0.29) is 11.0 Å². The van der Waals surface area contributed by atoms with Crippen molar-refractivity contribution in [2.24, 2.45) is 0 Å². The number of nitrogens with zero attached hydrogens (tertiary/aromatic N) is 1. The Morgan fingerprint density at radius 3 is 2.35 bits per heavy atom. The Morgan fingerprint density at radius 1 is 1.12 bits per heavy atom. The van der Waals surface area contributed by atoms with Gasteiger partial charge < -0.3 is 15.4 Å². The van der Waals surface area contributed by atoms with Crippen molar-refractivity contribution >= 4 is 17.3 Å². The number of nitrogens with one attached hydrogen (secondary N) is 2. The molecular formula is C21H23N3O2. The number of carbonyl (C=O) groups is 1. The highest BCUT2D eigenvalue weighted by atomic mass is 16.5. The molecule has 2 aromatic carbocycles. The van der Waals surface area contributed by atoms with Crippen LogP contribution < -0.4 is 15.4 Å². The van der Waals surface area contributed by atoms with Gasteiger partial charge in [-0.2, -0.15) is 5.26 Å². The Balaban J connectivity index is 2.10. The first-order valence-electron chi connectivity index (χ1n) is 8.27. The number of carbonyl (C=O) groups excluding carboxylic acids is 1. The summed E-state index contributed by atoms with van der Waals surface area (Å²) in [5.41, 5.74) is 2.56. The second kappa shape index (κ2) is 8.21. The summed E-state index contributed by atoms with van der Waals surface area (Å²) in [4.78, 5) is 12.3. The van der Waals surface area contributed by atoms with E-state index in [0.29, 0.717) is 11.4 Å². The highest BCUT2D eigenvalue weighted by molar-refractivity contribution is 6.07. The first-order chi connectivity index (χ1) is 12.3. The van der Waals surface area contributed by atoms with Gasteiger partial charge >= 0.3 is 0 Å². The smallest absolute Gasteiger partial charge is 0.267 e. The average molecular weight is 349 g/mol. The molecule has 5 heteroatoms. The van der Waals surface area contributed by atoms with Gasteiger partial charge in [0.05, 0.1) is 12.8 Å². The summed E-state index contributed by atoms with van der Waals surface area (Å²) >= 11 is 0. The molecule has 0 aliphatic carbocycles. The SMILES string of the molecule is COc1ccccc1NC(=O)/C(C#N)=C\Nc1ccc(C(C)(C)C)cc1. The predicted octanol–water partition coefficient (Wildman–Crippen LogP) is 4.45. The van der Waals surface area contributed by atoms with Crippen LogP contribution in [0.2, 0.25) is 0 Å². The zero-order valence-corrected chi connectivity index (χ0v) is 15.5. The zero-order valence-electron chi connectivity index (χ0n) is 15.5. The minimum Gasteiger partial charge on any atom is -0.495 e. The summed E-state index contributed by atoms with van der Waals surface area (Å²) in [5.74, 6) is 0.0275. The zero-order chi connectivity index (χ0) is 19.2. The highest BCUT2D eigenvalue weighted by Crippen LogP contribution is 2.24. The number of para-hydroxylation sites is 2. The Bertz CT molecular complexity index is 841. The molecule has 0 spiro atoms. The molecule has 2 rings (SSSR count). The lowest BCUT2D eigenvalue weighted by atomic mass is 9.87. The van der Waals surface area contributed by atoms with Crippen LogP contribution in [0.3, 0.4) is 0 Å². The fraction of sp³-hybridized carbons (Fsp3) is 0.238. The largest absolute Gasteiger partial charge is 0.495 e. The van der Waals surface area contributed by atoms with Crippen molar-refractivity contribution in [1.82, 2.24) is 0 Å². The van der Waals surface area contributed by atoms with E-state index in [1.165, 1.54) is 18.9 Å². The third kappa shape index (κ3) is 4.87. The molecular weight excluding hydrogens is 326 g/mol. The van der Waals surface area contributed by atoms with Crippen LogP contribution in [-0.4, -0.2) is 13.0 Å². The maximum atomic E-state index is 12.3. The van der Waals surface area contributed by atoms with Crippen LogP contribution in [0.1, 0.15) is 26.3 Å². The molecule has 0 radical (unpaired) electrons. The number of ether oxygens (including phenoxy) is 1. The normalized spacial score (nSPS) is 11.4. The van der Waals surface area contributed by atoms with Crippen molar-refractivity contribution in [2.75, 3.05) is 17.7 Å². The fourth-order valence-corrected chi connectivity index (χ4v) is 2.31. The number of rotatable bonds is 5. The van der Waals surface area contributed by atoms with E-state index in [4.69, 9.17) is 4.74 Å². The number of hydrogen-bond donors (Lipinski definition) is 2. The summed E-state index contributed by atoms with van der Waals surface area (Å²) in [7, 11) is 1.52. The van der Waals surface area contributed by atoms with E-state index >= 15 is 0 Å². The van der Waals surface area contributed by atoms with E-state index in [1.807, 2.05) is 30.3 Å². The van der Waals surface area contributed by atoms with Crippen LogP contribution in [0.25, 0.3) is 0 Å². The first-order valence-corrected chi connectivity index (χ1v) is 8.27. The monoisotopic (exact) mass is 349 g/mol. The summed E-state index contributed by atoms with van der Waals surface area (Å²) < 4.78 is 5.19. The molecule has 26 heavy (non-hydrogen) atoms. The van der Waals surface area contributed by atoms with Gasteiger partial charge in [0.1, 0.15) is 17.4 Å². The predicted molar refractivity (Wildman–Crippen MR) is 104 cm³/mol. The van der Waals surface area contributed by atoms with Gasteiger partial charge in [0.2, 0.25) is 0 Å². The van der Waals surface area contributed by atoms with Gasteiger partial charge in [0.25, 0.3) is 5.91 Å². The van der Waals surface area contributed by atoms with Crippen LogP contribution in [0, 0.1) is 11.3 Å². The molecule has 0 atom stereocenters. The minimum absolute atomic E-state index is 0.0317.